The van der Waals surface area contributed by atoms with Gasteiger partial charge in [0.25, 0.3) is 0 Å². The SMILES string of the molecule is CC.CC.O=C(O)CC1CCc2ccc3c(c21)CCO3. The number of carboxylic acids is 1. The lowest BCUT2D eigenvalue weighted by Gasteiger charge is -2.12. The number of carboxylic acid groups (broad SMARTS) is 1. The molecule has 2 aliphatic rings. The second-order valence-corrected chi connectivity index (χ2v) is 4.55. The van der Waals surface area contributed by atoms with Crippen molar-refractivity contribution in [3.8, 4) is 5.75 Å². The Bertz CT molecular complexity index is 452. The van der Waals surface area contributed by atoms with E-state index in [0.29, 0.717) is 0 Å². The van der Waals surface area contributed by atoms with Crippen LogP contribution in [0.15, 0.2) is 12.1 Å². The van der Waals surface area contributed by atoms with E-state index < -0.39 is 5.97 Å². The summed E-state index contributed by atoms with van der Waals surface area (Å²) >= 11 is 0. The van der Waals surface area contributed by atoms with E-state index in [1.165, 1.54) is 16.7 Å². The van der Waals surface area contributed by atoms with Gasteiger partial charge >= 0.3 is 5.97 Å². The number of aryl methyl sites for hydroxylation is 1. The standard InChI is InChI=1S/C13H14O3.2C2H6/c14-12(15)7-9-2-1-8-3-4-11-10(13(8)9)5-6-16-11;2*1-2/h3-4,9H,1-2,5-7H2,(H,14,15);2*1-2H3. The molecule has 0 saturated carbocycles. The van der Waals surface area contributed by atoms with Gasteiger partial charge in [-0.1, -0.05) is 33.8 Å². The molecule has 1 aromatic rings. The van der Waals surface area contributed by atoms with E-state index in [4.69, 9.17) is 9.84 Å². The Morgan fingerprint density at radius 3 is 2.60 bits per heavy atom. The van der Waals surface area contributed by atoms with Gasteiger partial charge in [-0.25, -0.2) is 0 Å². The normalized spacial score (nSPS) is 17.7. The second kappa shape index (κ2) is 7.93. The number of aliphatic carboxylic acids is 1. The largest absolute Gasteiger partial charge is 0.493 e. The minimum atomic E-state index is -0.700. The number of benzene rings is 1. The predicted octanol–water partition coefficient (Wildman–Crippen LogP) is 4.18. The molecule has 1 aliphatic carbocycles. The van der Waals surface area contributed by atoms with E-state index in [1.54, 1.807) is 0 Å². The molecule has 1 atom stereocenters. The Morgan fingerprint density at radius 1 is 1.25 bits per heavy atom. The Labute approximate surface area is 122 Å². The fraction of sp³-hybridized carbons (Fsp3) is 0.588. The first-order chi connectivity index (χ1) is 9.75. The molecule has 0 amide bonds. The van der Waals surface area contributed by atoms with Crippen LogP contribution in [0.4, 0.5) is 0 Å². The van der Waals surface area contributed by atoms with Crippen LogP contribution >= 0.6 is 0 Å². The maximum Gasteiger partial charge on any atom is 0.303 e. The van der Waals surface area contributed by atoms with Crippen molar-refractivity contribution < 1.29 is 14.6 Å². The highest BCUT2D eigenvalue weighted by Crippen LogP contribution is 2.43. The molecule has 0 bridgehead atoms. The average Bonchev–Trinajstić information content (AvgIpc) is 3.09. The monoisotopic (exact) mass is 278 g/mol. The highest BCUT2D eigenvalue weighted by atomic mass is 16.5. The van der Waals surface area contributed by atoms with Gasteiger partial charge in [-0.05, 0) is 36.0 Å². The second-order valence-electron chi connectivity index (χ2n) is 4.55. The minimum absolute atomic E-state index is 0.198. The summed E-state index contributed by atoms with van der Waals surface area (Å²) in [5.74, 6) is 0.467. The van der Waals surface area contributed by atoms with Crippen LogP contribution in [0.5, 0.6) is 5.75 Å². The molecule has 3 nitrogen and oxygen atoms in total. The third-order valence-electron chi connectivity index (χ3n) is 3.61. The number of rotatable bonds is 2. The van der Waals surface area contributed by atoms with Crippen molar-refractivity contribution >= 4 is 5.97 Å². The van der Waals surface area contributed by atoms with Crippen molar-refractivity contribution in [1.29, 1.82) is 0 Å². The molecular weight excluding hydrogens is 252 g/mol. The third kappa shape index (κ3) is 3.33. The molecule has 1 unspecified atom stereocenters. The summed E-state index contributed by atoms with van der Waals surface area (Å²) in [5, 5.41) is 8.92. The highest BCUT2D eigenvalue weighted by molar-refractivity contribution is 5.69. The lowest BCUT2D eigenvalue weighted by Crippen LogP contribution is -2.05. The smallest absolute Gasteiger partial charge is 0.303 e. The van der Waals surface area contributed by atoms with Crippen molar-refractivity contribution in [3.63, 3.8) is 0 Å². The molecule has 3 rings (SSSR count). The lowest BCUT2D eigenvalue weighted by atomic mass is 9.92. The van der Waals surface area contributed by atoms with E-state index in [9.17, 15) is 4.79 Å². The summed E-state index contributed by atoms with van der Waals surface area (Å²) in [6.07, 6.45) is 3.18. The Kier molecular flexibility index (Phi) is 6.56. The molecule has 0 fully saturated rings. The summed E-state index contributed by atoms with van der Waals surface area (Å²) in [7, 11) is 0. The molecule has 1 aliphatic heterocycles. The Balaban J connectivity index is 0.000000461. The molecule has 1 heterocycles. The zero-order valence-electron chi connectivity index (χ0n) is 13.0. The summed E-state index contributed by atoms with van der Waals surface area (Å²) < 4.78 is 5.53. The van der Waals surface area contributed by atoms with E-state index >= 15 is 0 Å². The van der Waals surface area contributed by atoms with Crippen LogP contribution in [0.1, 0.15) is 63.1 Å². The van der Waals surface area contributed by atoms with Gasteiger partial charge in [-0.2, -0.15) is 0 Å². The van der Waals surface area contributed by atoms with Crippen LogP contribution in [0.25, 0.3) is 0 Å². The summed E-state index contributed by atoms with van der Waals surface area (Å²) in [5.41, 5.74) is 3.87. The predicted molar refractivity (Wildman–Crippen MR) is 81.7 cm³/mol. The van der Waals surface area contributed by atoms with E-state index in [-0.39, 0.29) is 12.3 Å². The third-order valence-corrected chi connectivity index (χ3v) is 3.61. The van der Waals surface area contributed by atoms with Gasteiger partial charge in [0, 0.05) is 12.0 Å². The lowest BCUT2D eigenvalue weighted by molar-refractivity contribution is -0.137. The molecule has 0 spiro atoms. The van der Waals surface area contributed by atoms with Crippen molar-refractivity contribution in [2.75, 3.05) is 6.61 Å². The maximum absolute atomic E-state index is 10.8. The minimum Gasteiger partial charge on any atom is -0.493 e. The first-order valence-corrected chi connectivity index (χ1v) is 7.75. The molecule has 0 saturated heterocycles. The fourth-order valence-corrected chi connectivity index (χ4v) is 2.96. The van der Waals surface area contributed by atoms with Gasteiger partial charge in [0.05, 0.1) is 13.0 Å². The van der Waals surface area contributed by atoms with Gasteiger partial charge in [-0.15, -0.1) is 0 Å². The van der Waals surface area contributed by atoms with Crippen LogP contribution in [0.2, 0.25) is 0 Å². The van der Waals surface area contributed by atoms with Gasteiger partial charge in [0.2, 0.25) is 0 Å². The van der Waals surface area contributed by atoms with E-state index in [2.05, 4.69) is 6.07 Å². The Morgan fingerprint density at radius 2 is 1.95 bits per heavy atom. The van der Waals surface area contributed by atoms with Crippen LogP contribution in [0.3, 0.4) is 0 Å². The summed E-state index contributed by atoms with van der Waals surface area (Å²) in [6.45, 7) is 8.74. The molecule has 0 aromatic heterocycles. The van der Waals surface area contributed by atoms with Crippen molar-refractivity contribution in [2.24, 2.45) is 0 Å². The molecule has 3 heteroatoms. The van der Waals surface area contributed by atoms with Crippen molar-refractivity contribution in [1.82, 2.24) is 0 Å². The zero-order valence-corrected chi connectivity index (χ0v) is 13.0. The topological polar surface area (TPSA) is 46.5 Å². The number of carbonyl (C=O) groups is 1. The quantitative estimate of drug-likeness (QED) is 0.882. The average molecular weight is 278 g/mol. The van der Waals surface area contributed by atoms with Gasteiger partial charge in [0.1, 0.15) is 5.75 Å². The number of hydrogen-bond acceptors (Lipinski definition) is 2. The number of fused-ring (bicyclic) bond motifs is 3. The molecular formula is C17H26O3. The highest BCUT2D eigenvalue weighted by Gasteiger charge is 2.30. The molecule has 0 radical (unpaired) electrons. The zero-order chi connectivity index (χ0) is 15.1. The van der Waals surface area contributed by atoms with Crippen molar-refractivity contribution in [3.05, 3.63) is 28.8 Å². The first-order valence-electron chi connectivity index (χ1n) is 7.75. The van der Waals surface area contributed by atoms with Crippen LogP contribution in [-0.4, -0.2) is 17.7 Å². The van der Waals surface area contributed by atoms with Crippen LogP contribution in [0, 0.1) is 0 Å². The first kappa shape index (κ1) is 16.5. The van der Waals surface area contributed by atoms with Gasteiger partial charge < -0.3 is 9.84 Å². The summed E-state index contributed by atoms with van der Waals surface area (Å²) in [4.78, 5) is 10.8. The van der Waals surface area contributed by atoms with Crippen LogP contribution in [-0.2, 0) is 17.6 Å². The van der Waals surface area contributed by atoms with Gasteiger partial charge in [0.15, 0.2) is 0 Å². The maximum atomic E-state index is 10.8. The van der Waals surface area contributed by atoms with Crippen LogP contribution < -0.4 is 4.74 Å². The molecule has 20 heavy (non-hydrogen) atoms. The summed E-state index contributed by atoms with van der Waals surface area (Å²) in [6, 6.07) is 4.13. The van der Waals surface area contributed by atoms with E-state index in [0.717, 1.165) is 31.6 Å². The number of ether oxygens (including phenoxy) is 1. The molecule has 1 N–H and O–H groups in total. The molecule has 1 aromatic carbocycles. The Hall–Kier alpha value is -1.51. The molecule has 112 valence electrons. The fourth-order valence-electron chi connectivity index (χ4n) is 2.96. The van der Waals surface area contributed by atoms with E-state index in [1.807, 2.05) is 33.8 Å². The van der Waals surface area contributed by atoms with Crippen molar-refractivity contribution in [2.45, 2.75) is 59.3 Å². The van der Waals surface area contributed by atoms with Gasteiger partial charge in [-0.3, -0.25) is 4.79 Å². The number of hydrogen-bond donors (Lipinski definition) is 1.